The van der Waals surface area contributed by atoms with Crippen LogP contribution in [0.3, 0.4) is 0 Å². The highest BCUT2D eigenvalue weighted by molar-refractivity contribution is 6.34. The van der Waals surface area contributed by atoms with Crippen molar-refractivity contribution in [2.24, 2.45) is 0 Å². The number of hydrogen-bond acceptors (Lipinski definition) is 1. The highest BCUT2D eigenvalue weighted by Gasteiger charge is 2.00. The molecule has 0 aliphatic heterocycles. The molecule has 0 spiro atoms. The van der Waals surface area contributed by atoms with Gasteiger partial charge in [-0.2, -0.15) is 0 Å². The summed E-state index contributed by atoms with van der Waals surface area (Å²) in [7, 11) is 0. The van der Waals surface area contributed by atoms with Crippen molar-refractivity contribution in [3.8, 4) is 5.75 Å². The molecule has 0 N–H and O–H groups in total. The zero-order valence-corrected chi connectivity index (χ0v) is 10.3. The lowest BCUT2D eigenvalue weighted by atomic mass is 10.2. The second-order valence-corrected chi connectivity index (χ2v) is 4.40. The highest BCUT2D eigenvalue weighted by Crippen LogP contribution is 2.24. The first-order chi connectivity index (χ1) is 8.13. The van der Waals surface area contributed by atoms with Crippen LogP contribution in [0.25, 0.3) is 0 Å². The zero-order chi connectivity index (χ0) is 12.3. The summed E-state index contributed by atoms with van der Waals surface area (Å²) in [6, 6.07) is 11.2. The zero-order valence-electron chi connectivity index (χ0n) is 8.79. The monoisotopic (exact) mass is 270 g/mol. The smallest absolute Gasteiger partial charge is 0.123 e. The van der Waals surface area contributed by atoms with Crippen LogP contribution in [0.4, 0.5) is 4.39 Å². The maximum atomic E-state index is 12.9. The minimum Gasteiger partial charge on any atom is -0.489 e. The average molecular weight is 271 g/mol. The lowest BCUT2D eigenvalue weighted by Crippen LogP contribution is -1.95. The molecule has 0 amide bonds. The van der Waals surface area contributed by atoms with Gasteiger partial charge in [-0.1, -0.05) is 35.3 Å². The fourth-order valence-corrected chi connectivity index (χ4v) is 1.91. The largest absolute Gasteiger partial charge is 0.489 e. The fourth-order valence-electron chi connectivity index (χ4n) is 1.41. The molecule has 0 aliphatic carbocycles. The van der Waals surface area contributed by atoms with Gasteiger partial charge >= 0.3 is 0 Å². The van der Waals surface area contributed by atoms with Gasteiger partial charge in [0, 0.05) is 10.0 Å². The fraction of sp³-hybridized carbons (Fsp3) is 0.0769. The van der Waals surface area contributed by atoms with E-state index < -0.39 is 0 Å². The molecule has 2 aromatic rings. The van der Waals surface area contributed by atoms with Gasteiger partial charge in [0.25, 0.3) is 0 Å². The SMILES string of the molecule is Fc1cccc(COc2cc(Cl)cc(Cl)c2)c1. The molecule has 0 saturated carbocycles. The van der Waals surface area contributed by atoms with Gasteiger partial charge in [-0.05, 0) is 35.9 Å². The van der Waals surface area contributed by atoms with E-state index in [1.54, 1.807) is 30.3 Å². The van der Waals surface area contributed by atoms with E-state index in [4.69, 9.17) is 27.9 Å². The Morgan fingerprint density at radius 3 is 2.35 bits per heavy atom. The number of benzene rings is 2. The molecule has 0 atom stereocenters. The van der Waals surface area contributed by atoms with Crippen molar-refractivity contribution < 1.29 is 9.13 Å². The summed E-state index contributed by atoms with van der Waals surface area (Å²) in [5.41, 5.74) is 0.751. The quantitative estimate of drug-likeness (QED) is 0.785. The minimum absolute atomic E-state index is 0.272. The molecule has 0 fully saturated rings. The third-order valence-electron chi connectivity index (χ3n) is 2.13. The molecule has 0 aromatic heterocycles. The molecule has 0 radical (unpaired) electrons. The Morgan fingerprint density at radius 1 is 1.00 bits per heavy atom. The topological polar surface area (TPSA) is 9.23 Å². The maximum absolute atomic E-state index is 12.9. The van der Waals surface area contributed by atoms with Crippen LogP contribution in [0.2, 0.25) is 10.0 Å². The van der Waals surface area contributed by atoms with E-state index in [2.05, 4.69) is 0 Å². The molecule has 0 aliphatic rings. The van der Waals surface area contributed by atoms with Gasteiger partial charge in [0.05, 0.1) is 0 Å². The van der Waals surface area contributed by atoms with Crippen LogP contribution in [0, 0.1) is 5.82 Å². The van der Waals surface area contributed by atoms with E-state index in [9.17, 15) is 4.39 Å². The molecule has 0 unspecified atom stereocenters. The first kappa shape index (κ1) is 12.2. The van der Waals surface area contributed by atoms with Crippen molar-refractivity contribution >= 4 is 23.2 Å². The molecular weight excluding hydrogens is 262 g/mol. The third-order valence-corrected chi connectivity index (χ3v) is 2.57. The molecule has 0 bridgehead atoms. The maximum Gasteiger partial charge on any atom is 0.123 e. The Balaban J connectivity index is 2.07. The van der Waals surface area contributed by atoms with E-state index in [0.717, 1.165) is 5.56 Å². The van der Waals surface area contributed by atoms with Gasteiger partial charge in [-0.25, -0.2) is 4.39 Å². The van der Waals surface area contributed by atoms with Crippen LogP contribution in [0.15, 0.2) is 42.5 Å². The number of rotatable bonds is 3. The van der Waals surface area contributed by atoms with E-state index in [1.165, 1.54) is 12.1 Å². The lowest BCUT2D eigenvalue weighted by molar-refractivity contribution is 0.305. The first-order valence-corrected chi connectivity index (χ1v) is 5.72. The van der Waals surface area contributed by atoms with Crippen molar-refractivity contribution in [3.63, 3.8) is 0 Å². The van der Waals surface area contributed by atoms with E-state index in [0.29, 0.717) is 15.8 Å². The number of hydrogen-bond donors (Lipinski definition) is 0. The summed E-state index contributed by atoms with van der Waals surface area (Å²) >= 11 is 11.7. The number of ether oxygens (including phenoxy) is 1. The minimum atomic E-state index is -0.282. The van der Waals surface area contributed by atoms with Crippen LogP contribution < -0.4 is 4.74 Å². The first-order valence-electron chi connectivity index (χ1n) is 4.97. The van der Waals surface area contributed by atoms with Gasteiger partial charge in [0.2, 0.25) is 0 Å². The van der Waals surface area contributed by atoms with Crippen LogP contribution in [0.5, 0.6) is 5.75 Å². The van der Waals surface area contributed by atoms with Crippen LogP contribution >= 0.6 is 23.2 Å². The molecule has 17 heavy (non-hydrogen) atoms. The summed E-state index contributed by atoms with van der Waals surface area (Å²) < 4.78 is 18.4. The summed E-state index contributed by atoms with van der Waals surface area (Å²) in [5.74, 6) is 0.280. The van der Waals surface area contributed by atoms with Gasteiger partial charge in [-0.3, -0.25) is 0 Å². The van der Waals surface area contributed by atoms with Crippen molar-refractivity contribution in [3.05, 3.63) is 63.9 Å². The second kappa shape index (κ2) is 5.39. The Hall–Kier alpha value is -1.25. The summed E-state index contributed by atoms with van der Waals surface area (Å²) in [4.78, 5) is 0. The Bertz CT molecular complexity index is 508. The highest BCUT2D eigenvalue weighted by atomic mass is 35.5. The van der Waals surface area contributed by atoms with E-state index >= 15 is 0 Å². The Kier molecular flexibility index (Phi) is 3.87. The summed E-state index contributed by atoms with van der Waals surface area (Å²) in [6.07, 6.45) is 0. The third kappa shape index (κ3) is 3.62. The van der Waals surface area contributed by atoms with E-state index in [1.807, 2.05) is 0 Å². The van der Waals surface area contributed by atoms with Gasteiger partial charge in [0.1, 0.15) is 18.2 Å². The van der Waals surface area contributed by atoms with Gasteiger partial charge < -0.3 is 4.74 Å². The standard InChI is InChI=1S/C13H9Cl2FO/c14-10-5-11(15)7-13(6-10)17-8-9-2-1-3-12(16)4-9/h1-7H,8H2. The van der Waals surface area contributed by atoms with E-state index in [-0.39, 0.29) is 12.4 Å². The van der Waals surface area contributed by atoms with Crippen molar-refractivity contribution in [2.75, 3.05) is 0 Å². The molecule has 2 rings (SSSR count). The molecule has 1 nitrogen and oxygen atoms in total. The molecule has 0 heterocycles. The predicted molar refractivity (Wildman–Crippen MR) is 67.2 cm³/mol. The molecule has 4 heteroatoms. The van der Waals surface area contributed by atoms with Gasteiger partial charge in [0.15, 0.2) is 0 Å². The van der Waals surface area contributed by atoms with Crippen molar-refractivity contribution in [1.82, 2.24) is 0 Å². The lowest BCUT2D eigenvalue weighted by Gasteiger charge is -2.07. The molecule has 2 aromatic carbocycles. The average Bonchev–Trinajstić information content (AvgIpc) is 2.25. The van der Waals surface area contributed by atoms with Crippen molar-refractivity contribution in [2.45, 2.75) is 6.61 Å². The van der Waals surface area contributed by atoms with Crippen LogP contribution in [-0.2, 0) is 6.61 Å². The molecule has 88 valence electrons. The second-order valence-electron chi connectivity index (χ2n) is 3.52. The molecule has 0 saturated heterocycles. The molecular formula is C13H9Cl2FO. The summed E-state index contributed by atoms with van der Waals surface area (Å²) in [6.45, 7) is 0.272. The number of halogens is 3. The predicted octanol–water partition coefficient (Wildman–Crippen LogP) is 4.71. The van der Waals surface area contributed by atoms with Gasteiger partial charge in [-0.15, -0.1) is 0 Å². The van der Waals surface area contributed by atoms with Crippen LogP contribution in [-0.4, -0.2) is 0 Å². The van der Waals surface area contributed by atoms with Crippen LogP contribution in [0.1, 0.15) is 5.56 Å². The normalized spacial score (nSPS) is 10.3. The van der Waals surface area contributed by atoms with Crippen molar-refractivity contribution in [1.29, 1.82) is 0 Å². The summed E-state index contributed by atoms with van der Waals surface area (Å²) in [5, 5.41) is 1.01. The Labute approximate surface area is 109 Å². The Morgan fingerprint density at radius 2 is 1.71 bits per heavy atom.